The van der Waals surface area contributed by atoms with E-state index in [4.69, 9.17) is 15.2 Å². The number of amides is 1. The van der Waals surface area contributed by atoms with E-state index in [-0.39, 0.29) is 50.6 Å². The lowest BCUT2D eigenvalue weighted by molar-refractivity contribution is -0.00523. The first-order valence-electron chi connectivity index (χ1n) is 57.9. The van der Waals surface area contributed by atoms with E-state index in [2.05, 4.69) is 225 Å². The Morgan fingerprint density at radius 1 is 0.347 bits per heavy atom. The standard InChI is InChI=1S/C27H44N2O4S.C26H35NO2S.C26H33NO2S.C24H39NO3S.C22H36N2O2S/c1-20(2)34(31,32)19-23-10-8-21(9-11-23)6-7-22-12-14-25(15-13-22)29-17-16-24(18-29)28-26(30)33-27(3,4)5;2*1-20(2)30(28,29)19-23-11-9-21(10-12-23)7-8-22-13-15-25(16-14-22)27-18-17-24-5-3-4-6-26(24)27;1-18(2)29(26,27)17-23-9-7-21(8-10-23)5-6-22-11-13-24(14-12-22)25-15-19(3)28-20(4)16-25;1-17(2)27(25,26)16-20-7-5-18(6-8-20)3-4-19-9-11-22(12-10-19)24-14-13-21(23)15-24/h12-15,20-21,23-24H,6-11,16-19H2,1-5H3,(H,28,30);3-6,13-16,20-21,23H,7-12,17-19H2,1-2H3;3-6,13-18,20-21,23H,7-12,19H2,1-2H3;11-14,18-21,23H,5-10,15-17H2,1-4H3;9-12,17-18,20-21H,3-8,13-16,23H2,1-2H3/t;;;19-,20+,21?,23?;. The number of nitrogens with zero attached hydrogens (tertiary/aromatic N) is 5. The van der Waals surface area contributed by atoms with Gasteiger partial charge in [0.15, 0.2) is 49.2 Å². The van der Waals surface area contributed by atoms with E-state index in [0.717, 1.165) is 198 Å². The first-order valence-corrected chi connectivity index (χ1v) is 66.5. The predicted molar refractivity (Wildman–Crippen MR) is 627 cm³/mol. The molecule has 8 fully saturated rings. The fraction of sp³-hybridized carbons (Fsp3) is 0.640. The van der Waals surface area contributed by atoms with Gasteiger partial charge in [-0.15, -0.1) is 0 Å². The van der Waals surface area contributed by atoms with Crippen LogP contribution in [-0.4, -0.2) is 183 Å². The number of aromatic nitrogens is 1. The lowest BCUT2D eigenvalue weighted by atomic mass is 9.80. The van der Waals surface area contributed by atoms with E-state index in [1.165, 1.54) is 162 Å². The number of fused-ring (bicyclic) bond motifs is 2. The van der Waals surface area contributed by atoms with E-state index in [1.54, 1.807) is 69.2 Å². The van der Waals surface area contributed by atoms with Crippen LogP contribution in [0.1, 0.15) is 311 Å². The van der Waals surface area contributed by atoms with Gasteiger partial charge in [-0.3, -0.25) is 0 Å². The number of alkyl carbamates (subject to hydrolysis) is 1. The van der Waals surface area contributed by atoms with Crippen molar-refractivity contribution in [1.82, 2.24) is 9.88 Å². The second-order valence-corrected chi connectivity index (χ2v) is 61.9. The quantitative estimate of drug-likeness (QED) is 0.0370. The average Bonchev–Trinajstić information content (AvgIpc) is 1.66. The monoisotopic (exact) mass is 2150 g/mol. The third-order valence-corrected chi connectivity index (χ3v) is 46.2. The summed E-state index contributed by atoms with van der Waals surface area (Å²) in [6.07, 6.45) is 39.5. The average molecular weight is 2160 g/mol. The van der Waals surface area contributed by atoms with Gasteiger partial charge < -0.3 is 44.7 Å². The maximum Gasteiger partial charge on any atom is 0.407 e. The third kappa shape index (κ3) is 36.9. The molecule has 0 bridgehead atoms. The first kappa shape index (κ1) is 119. The van der Waals surface area contributed by atoms with Gasteiger partial charge in [0.1, 0.15) is 5.60 Å². The fourth-order valence-corrected chi connectivity index (χ4v) is 31.0. The third-order valence-electron chi connectivity index (χ3n) is 34.4. The Morgan fingerprint density at radius 3 is 0.980 bits per heavy atom. The SMILES string of the molecule is CC(C)S(=O)(=O)CC1CCC(CCc2ccc(-n3ccc4ccccc43)cc2)CC1.CC(C)S(=O)(=O)CC1CCC(CCc2ccc(N3CCC(N)C3)cc2)CC1.CC(C)S(=O)(=O)CC1CCC(CCc2ccc(N3CCC(NC(=O)OC(C)(C)C)C3)cc2)CC1.CC(C)S(=O)(=O)CC1CCC(CCc2ccc(N3CCc4ccccc43)cc2)CC1.CC(C)S(=O)(=O)CC1CCC(CCc2ccc(N3C[C@@H](C)O[C@@H](C)C3)cc2)CC1. The number of nitrogens with two attached hydrogens (primary N) is 1. The summed E-state index contributed by atoms with van der Waals surface area (Å²) in [6, 6.07) is 64.7. The molecule has 8 aromatic rings. The Bertz CT molecular complexity index is 6040. The van der Waals surface area contributed by atoms with Crippen molar-refractivity contribution >= 4 is 94.6 Å². The minimum absolute atomic E-state index is 0.111. The molecule has 2 unspecified atom stereocenters. The first-order chi connectivity index (χ1) is 71.3. The van der Waals surface area contributed by atoms with Gasteiger partial charge in [0.25, 0.3) is 0 Å². The molecule has 4 atom stereocenters. The van der Waals surface area contributed by atoms with Gasteiger partial charge in [-0.05, 0) is 428 Å². The summed E-state index contributed by atoms with van der Waals surface area (Å²) in [5.74, 6) is 7.41. The minimum Gasteiger partial charge on any atom is -0.444 e. The van der Waals surface area contributed by atoms with Crippen LogP contribution in [0.3, 0.4) is 0 Å². The number of carbonyl (C=O) groups excluding carboxylic acids is 1. The number of nitrogens with one attached hydrogen (secondary N) is 1. The molecule has 3 saturated heterocycles. The molecule has 5 saturated carbocycles. The molecule has 0 radical (unpaired) electrons. The molecule has 3 N–H and O–H groups in total. The van der Waals surface area contributed by atoms with Crippen LogP contribution < -0.4 is 30.7 Å². The normalized spacial score (nSPS) is 24.1. The van der Waals surface area contributed by atoms with Crippen molar-refractivity contribution in [3.05, 3.63) is 216 Å². The Morgan fingerprint density at radius 2 is 0.647 bits per heavy atom. The molecule has 5 aliphatic carbocycles. The van der Waals surface area contributed by atoms with Crippen LogP contribution >= 0.6 is 0 Å². The van der Waals surface area contributed by atoms with Crippen LogP contribution in [0.2, 0.25) is 0 Å². The minimum atomic E-state index is -2.93. The number of aryl methyl sites for hydroxylation is 5. The number of para-hydroxylation sites is 2. The van der Waals surface area contributed by atoms with E-state index in [1.807, 2.05) is 20.8 Å². The number of ether oxygens (including phenoxy) is 2. The van der Waals surface area contributed by atoms with Crippen LogP contribution in [0.5, 0.6) is 0 Å². The molecular weight excluding hydrogens is 1970 g/mol. The van der Waals surface area contributed by atoms with Crippen LogP contribution in [-0.2, 0) is 97.2 Å². The Labute approximate surface area is 906 Å². The van der Waals surface area contributed by atoms with Crippen LogP contribution in [0.15, 0.2) is 182 Å². The summed E-state index contributed by atoms with van der Waals surface area (Å²) in [4.78, 5) is 21.6. The summed E-state index contributed by atoms with van der Waals surface area (Å²) >= 11 is 0. The van der Waals surface area contributed by atoms with Crippen LogP contribution in [0, 0.1) is 59.2 Å². The van der Waals surface area contributed by atoms with E-state index >= 15 is 0 Å². The largest absolute Gasteiger partial charge is 0.444 e. The molecule has 150 heavy (non-hydrogen) atoms. The maximum atomic E-state index is 12.2. The zero-order valence-electron chi connectivity index (χ0n) is 93.8. The number of benzene rings is 7. The van der Waals surface area contributed by atoms with Crippen LogP contribution in [0.25, 0.3) is 16.6 Å². The predicted octanol–water partition coefficient (Wildman–Crippen LogP) is 26.1. The van der Waals surface area contributed by atoms with Gasteiger partial charge >= 0.3 is 6.09 Å². The van der Waals surface area contributed by atoms with E-state index in [9.17, 15) is 46.9 Å². The van der Waals surface area contributed by atoms with Crippen molar-refractivity contribution in [2.24, 2.45) is 64.9 Å². The molecule has 1 aromatic heterocycles. The second kappa shape index (κ2) is 55.7. The summed E-state index contributed by atoms with van der Waals surface area (Å²) < 4.78 is 135. The molecule has 5 heterocycles. The van der Waals surface area contributed by atoms with E-state index < -0.39 is 54.8 Å². The van der Waals surface area contributed by atoms with Crippen molar-refractivity contribution < 1.29 is 56.4 Å². The Balaban J connectivity index is 0.000000156. The van der Waals surface area contributed by atoms with Crippen LogP contribution in [0.4, 0.5) is 33.2 Å². The number of carbonyl (C=O) groups is 1. The number of hydrogen-bond donors (Lipinski definition) is 2. The van der Waals surface area contributed by atoms with Gasteiger partial charge in [0.05, 0.1) is 78.8 Å². The zero-order chi connectivity index (χ0) is 108. The van der Waals surface area contributed by atoms with Crippen molar-refractivity contribution in [2.75, 3.05) is 94.2 Å². The lowest BCUT2D eigenvalue weighted by Crippen LogP contribution is -2.45. The maximum absolute atomic E-state index is 12.2. The molecule has 830 valence electrons. The summed E-state index contributed by atoms with van der Waals surface area (Å²) in [7, 11) is -14.5. The summed E-state index contributed by atoms with van der Waals surface area (Å²) in [5.41, 5.74) is 22.8. The lowest BCUT2D eigenvalue weighted by Gasteiger charge is -2.37. The molecule has 17 rings (SSSR count). The van der Waals surface area contributed by atoms with E-state index in [0.29, 0.717) is 70.3 Å². The van der Waals surface area contributed by atoms with Gasteiger partial charge in [-0.25, -0.2) is 46.9 Å². The Hall–Kier alpha value is -7.78. The van der Waals surface area contributed by atoms with Crippen molar-refractivity contribution in [3.8, 4) is 5.69 Å². The van der Waals surface area contributed by atoms with Crippen molar-refractivity contribution in [3.63, 3.8) is 0 Å². The highest BCUT2D eigenvalue weighted by Gasteiger charge is 2.36. The molecule has 7 aromatic carbocycles. The zero-order valence-corrected chi connectivity index (χ0v) is 97.9. The number of hydrogen-bond acceptors (Lipinski definition) is 18. The molecule has 9 aliphatic rings. The Kier molecular flexibility index (Phi) is 44.3. The van der Waals surface area contributed by atoms with Gasteiger partial charge in [-0.1, -0.05) is 161 Å². The topological polar surface area (TPSA) is 262 Å². The number of morpholine rings is 1. The molecule has 1 amide bonds. The molecule has 0 spiro atoms. The highest BCUT2D eigenvalue weighted by atomic mass is 32.2. The van der Waals surface area contributed by atoms with Gasteiger partial charge in [0, 0.05) is 92.2 Å². The summed E-state index contributed by atoms with van der Waals surface area (Å²) in [5, 5.41) is 3.01. The fourth-order valence-electron chi connectivity index (χ4n) is 24.1. The molecular formula is C125H187N7O13S5. The summed E-state index contributed by atoms with van der Waals surface area (Å²) in [6.45, 7) is 34.6. The second-order valence-electron chi connectivity index (χ2n) is 48.9. The molecule has 20 nitrogen and oxygen atoms in total. The van der Waals surface area contributed by atoms with Crippen molar-refractivity contribution in [2.45, 2.75) is 372 Å². The number of sulfone groups is 5. The highest BCUT2D eigenvalue weighted by molar-refractivity contribution is 7.93. The van der Waals surface area contributed by atoms with Gasteiger partial charge in [0.2, 0.25) is 0 Å². The smallest absolute Gasteiger partial charge is 0.407 e. The number of rotatable bonds is 36. The number of anilines is 5. The van der Waals surface area contributed by atoms with Crippen molar-refractivity contribution in [1.29, 1.82) is 0 Å². The van der Waals surface area contributed by atoms with Gasteiger partial charge in [-0.2, -0.15) is 0 Å². The molecule has 25 heteroatoms. The molecule has 4 aliphatic heterocycles. The highest BCUT2D eigenvalue weighted by Crippen LogP contribution is 2.42.